The average molecular weight is 330 g/mol. The molecule has 0 aliphatic carbocycles. The maximum Gasteiger partial charge on any atom is 0.254 e. The van der Waals surface area contributed by atoms with Gasteiger partial charge < -0.3 is 19.4 Å². The summed E-state index contributed by atoms with van der Waals surface area (Å²) in [6.45, 7) is 4.15. The van der Waals surface area contributed by atoms with Gasteiger partial charge in [0, 0.05) is 12.6 Å². The van der Waals surface area contributed by atoms with E-state index in [-0.39, 0.29) is 24.5 Å². The highest BCUT2D eigenvalue weighted by atomic mass is 16.5. The van der Waals surface area contributed by atoms with Crippen molar-refractivity contribution in [2.75, 3.05) is 13.6 Å². The predicted molar refractivity (Wildman–Crippen MR) is 89.7 cm³/mol. The Morgan fingerprint density at radius 3 is 2.50 bits per heavy atom. The standard InChI is InChI=1S/C18H22N2O4/c1-13(2)24-15-8-6-14(7-9-15)18(22)20(3)12-17(21)19-11-16-5-4-10-23-16/h4-10,13H,11-12H2,1-3H3,(H,19,21). The van der Waals surface area contributed by atoms with Gasteiger partial charge in [0.1, 0.15) is 11.5 Å². The van der Waals surface area contributed by atoms with Gasteiger partial charge in [0.25, 0.3) is 5.91 Å². The summed E-state index contributed by atoms with van der Waals surface area (Å²) in [7, 11) is 1.59. The predicted octanol–water partition coefficient (Wildman–Crippen LogP) is 2.46. The van der Waals surface area contributed by atoms with Gasteiger partial charge in [0.05, 0.1) is 25.5 Å². The zero-order valence-corrected chi connectivity index (χ0v) is 14.1. The molecule has 0 saturated carbocycles. The lowest BCUT2D eigenvalue weighted by molar-refractivity contribution is -0.121. The minimum Gasteiger partial charge on any atom is -0.491 e. The molecule has 2 amide bonds. The van der Waals surface area contributed by atoms with E-state index in [1.54, 1.807) is 49.7 Å². The van der Waals surface area contributed by atoms with Gasteiger partial charge in [-0.05, 0) is 50.2 Å². The SMILES string of the molecule is CC(C)Oc1ccc(C(=O)N(C)CC(=O)NCc2ccco2)cc1. The number of furan rings is 1. The molecule has 6 heteroatoms. The number of carbonyl (C=O) groups excluding carboxylic acids is 2. The Hall–Kier alpha value is -2.76. The molecule has 128 valence electrons. The topological polar surface area (TPSA) is 71.8 Å². The first kappa shape index (κ1) is 17.6. The van der Waals surface area contributed by atoms with Crippen LogP contribution < -0.4 is 10.1 Å². The van der Waals surface area contributed by atoms with Crippen molar-refractivity contribution in [3.05, 3.63) is 54.0 Å². The minimum absolute atomic E-state index is 0.0240. The fraction of sp³-hybridized carbons (Fsp3) is 0.333. The van der Waals surface area contributed by atoms with Crippen LogP contribution in [0, 0.1) is 0 Å². The van der Waals surface area contributed by atoms with E-state index in [0.717, 1.165) is 0 Å². The van der Waals surface area contributed by atoms with E-state index in [9.17, 15) is 9.59 Å². The fourth-order valence-corrected chi connectivity index (χ4v) is 2.11. The number of hydrogen-bond acceptors (Lipinski definition) is 4. The molecular formula is C18H22N2O4. The van der Waals surface area contributed by atoms with Gasteiger partial charge in [0.2, 0.25) is 5.91 Å². The first-order valence-corrected chi connectivity index (χ1v) is 7.77. The highest BCUT2D eigenvalue weighted by Crippen LogP contribution is 2.14. The number of nitrogens with zero attached hydrogens (tertiary/aromatic N) is 1. The smallest absolute Gasteiger partial charge is 0.254 e. The maximum absolute atomic E-state index is 12.3. The monoisotopic (exact) mass is 330 g/mol. The number of amides is 2. The number of rotatable bonds is 7. The van der Waals surface area contributed by atoms with Crippen LogP contribution in [0.4, 0.5) is 0 Å². The molecule has 1 heterocycles. The van der Waals surface area contributed by atoms with Crippen LogP contribution in [0.3, 0.4) is 0 Å². The molecular weight excluding hydrogens is 308 g/mol. The Morgan fingerprint density at radius 1 is 1.21 bits per heavy atom. The third-order valence-corrected chi connectivity index (χ3v) is 3.24. The molecule has 0 aliphatic heterocycles. The van der Waals surface area contributed by atoms with Crippen molar-refractivity contribution < 1.29 is 18.7 Å². The van der Waals surface area contributed by atoms with Gasteiger partial charge in [-0.3, -0.25) is 9.59 Å². The van der Waals surface area contributed by atoms with E-state index in [1.165, 1.54) is 4.90 Å². The summed E-state index contributed by atoms with van der Waals surface area (Å²) in [6.07, 6.45) is 1.62. The number of nitrogens with one attached hydrogen (secondary N) is 1. The number of carbonyl (C=O) groups is 2. The minimum atomic E-state index is -0.248. The van der Waals surface area contributed by atoms with Gasteiger partial charge in [-0.15, -0.1) is 0 Å². The molecule has 24 heavy (non-hydrogen) atoms. The molecule has 2 aromatic rings. The summed E-state index contributed by atoms with van der Waals surface area (Å²) < 4.78 is 10.7. The largest absolute Gasteiger partial charge is 0.491 e. The van der Waals surface area contributed by atoms with E-state index >= 15 is 0 Å². The Morgan fingerprint density at radius 2 is 1.92 bits per heavy atom. The molecule has 0 unspecified atom stereocenters. The second-order valence-electron chi connectivity index (χ2n) is 5.71. The summed E-state index contributed by atoms with van der Waals surface area (Å²) in [4.78, 5) is 25.6. The zero-order valence-electron chi connectivity index (χ0n) is 14.1. The van der Waals surface area contributed by atoms with Crippen molar-refractivity contribution in [2.45, 2.75) is 26.5 Å². The van der Waals surface area contributed by atoms with E-state index in [2.05, 4.69) is 5.32 Å². The van der Waals surface area contributed by atoms with Crippen molar-refractivity contribution in [3.63, 3.8) is 0 Å². The molecule has 0 saturated heterocycles. The van der Waals surface area contributed by atoms with Gasteiger partial charge >= 0.3 is 0 Å². The molecule has 0 atom stereocenters. The summed E-state index contributed by atoms with van der Waals surface area (Å²) in [5.41, 5.74) is 0.507. The molecule has 2 rings (SSSR count). The van der Waals surface area contributed by atoms with Crippen molar-refractivity contribution in [3.8, 4) is 5.75 Å². The summed E-state index contributed by atoms with van der Waals surface area (Å²) in [5, 5.41) is 2.71. The van der Waals surface area contributed by atoms with Crippen molar-refractivity contribution in [1.82, 2.24) is 10.2 Å². The van der Waals surface area contributed by atoms with Crippen LogP contribution in [-0.4, -0.2) is 36.4 Å². The summed E-state index contributed by atoms with van der Waals surface area (Å²) >= 11 is 0. The lowest BCUT2D eigenvalue weighted by Crippen LogP contribution is -2.38. The average Bonchev–Trinajstić information content (AvgIpc) is 3.06. The Bertz CT molecular complexity index is 663. The van der Waals surface area contributed by atoms with Crippen LogP contribution in [0.5, 0.6) is 5.75 Å². The van der Waals surface area contributed by atoms with Gasteiger partial charge in [-0.25, -0.2) is 0 Å². The second kappa shape index (κ2) is 8.19. The summed E-state index contributed by atoms with van der Waals surface area (Å²) in [5.74, 6) is 0.903. The quantitative estimate of drug-likeness (QED) is 0.846. The van der Waals surface area contributed by atoms with E-state index in [0.29, 0.717) is 23.6 Å². The van der Waals surface area contributed by atoms with Crippen molar-refractivity contribution in [1.29, 1.82) is 0 Å². The summed E-state index contributed by atoms with van der Waals surface area (Å²) in [6, 6.07) is 10.4. The maximum atomic E-state index is 12.3. The molecule has 0 spiro atoms. The Balaban J connectivity index is 1.85. The number of ether oxygens (including phenoxy) is 1. The first-order chi connectivity index (χ1) is 11.5. The highest BCUT2D eigenvalue weighted by Gasteiger charge is 2.15. The number of likely N-dealkylation sites (N-methyl/N-ethyl adjacent to an activating group) is 1. The van der Waals surface area contributed by atoms with Gasteiger partial charge in [-0.1, -0.05) is 0 Å². The molecule has 1 aromatic heterocycles. The van der Waals surface area contributed by atoms with Crippen LogP contribution in [0.25, 0.3) is 0 Å². The highest BCUT2D eigenvalue weighted by molar-refractivity contribution is 5.96. The van der Waals surface area contributed by atoms with E-state index < -0.39 is 0 Å². The lowest BCUT2D eigenvalue weighted by Gasteiger charge is -2.17. The molecule has 0 bridgehead atoms. The molecule has 1 N–H and O–H groups in total. The first-order valence-electron chi connectivity index (χ1n) is 7.77. The Kier molecular flexibility index (Phi) is 6.01. The normalized spacial score (nSPS) is 10.5. The molecule has 0 aliphatic rings. The molecule has 0 fully saturated rings. The Labute approximate surface area is 141 Å². The number of benzene rings is 1. The molecule has 6 nitrogen and oxygen atoms in total. The van der Waals surface area contributed by atoms with Crippen LogP contribution in [-0.2, 0) is 11.3 Å². The van der Waals surface area contributed by atoms with E-state index in [1.807, 2.05) is 13.8 Å². The van der Waals surface area contributed by atoms with Gasteiger partial charge in [0.15, 0.2) is 0 Å². The van der Waals surface area contributed by atoms with Crippen molar-refractivity contribution in [2.24, 2.45) is 0 Å². The molecule has 1 aromatic carbocycles. The van der Waals surface area contributed by atoms with Gasteiger partial charge in [-0.2, -0.15) is 0 Å². The second-order valence-corrected chi connectivity index (χ2v) is 5.71. The zero-order chi connectivity index (χ0) is 17.5. The molecule has 0 radical (unpaired) electrons. The fourth-order valence-electron chi connectivity index (χ4n) is 2.11. The van der Waals surface area contributed by atoms with E-state index in [4.69, 9.17) is 9.15 Å². The lowest BCUT2D eigenvalue weighted by atomic mass is 10.2. The third-order valence-electron chi connectivity index (χ3n) is 3.24. The van der Waals surface area contributed by atoms with Crippen LogP contribution >= 0.6 is 0 Å². The van der Waals surface area contributed by atoms with Crippen molar-refractivity contribution >= 4 is 11.8 Å². The van der Waals surface area contributed by atoms with Crippen LogP contribution in [0.2, 0.25) is 0 Å². The number of hydrogen-bond donors (Lipinski definition) is 1. The van der Waals surface area contributed by atoms with Crippen LogP contribution in [0.15, 0.2) is 47.1 Å². The third kappa shape index (κ3) is 5.15. The van der Waals surface area contributed by atoms with Crippen LogP contribution in [0.1, 0.15) is 30.0 Å².